The van der Waals surface area contributed by atoms with E-state index in [-0.39, 0.29) is 19.0 Å². The summed E-state index contributed by atoms with van der Waals surface area (Å²) in [6, 6.07) is 0. The number of aliphatic hydroxyl groups excluding tert-OH is 4. The van der Waals surface area contributed by atoms with E-state index in [1.54, 1.807) is 0 Å². The molecule has 1 unspecified atom stereocenters. The van der Waals surface area contributed by atoms with Gasteiger partial charge in [-0.15, -0.1) is 0 Å². The van der Waals surface area contributed by atoms with Crippen LogP contribution in [0.4, 0.5) is 0 Å². The minimum Gasteiger partial charge on any atom is -0.499 e. The standard InChI is InChI=1S/C21H38O8/c1-2-3-4-5-6-7-8-9-10-11-12-27-14-16(23)15-28-20-18(25)21(26)29-19(20)17(24)13-22/h16-17,19,22-25H,2-15H2,1H3/t16?,17-,19+/m0/s1. The molecule has 8 nitrogen and oxygen atoms in total. The Morgan fingerprint density at radius 1 is 0.966 bits per heavy atom. The van der Waals surface area contributed by atoms with Gasteiger partial charge in [0.2, 0.25) is 5.76 Å². The van der Waals surface area contributed by atoms with E-state index in [1.165, 1.54) is 51.4 Å². The molecule has 0 fully saturated rings. The summed E-state index contributed by atoms with van der Waals surface area (Å²) in [5.74, 6) is -2.09. The van der Waals surface area contributed by atoms with E-state index in [0.29, 0.717) is 6.61 Å². The second kappa shape index (κ2) is 15.5. The van der Waals surface area contributed by atoms with Crippen LogP contribution in [-0.2, 0) is 19.0 Å². The van der Waals surface area contributed by atoms with Crippen LogP contribution >= 0.6 is 0 Å². The Bertz CT molecular complexity index is 479. The van der Waals surface area contributed by atoms with Crippen molar-refractivity contribution in [1.29, 1.82) is 0 Å². The zero-order chi connectivity index (χ0) is 21.5. The van der Waals surface area contributed by atoms with Crippen LogP contribution in [0.25, 0.3) is 0 Å². The number of ether oxygens (including phenoxy) is 3. The molecule has 0 aromatic carbocycles. The van der Waals surface area contributed by atoms with Crippen molar-refractivity contribution in [3.05, 3.63) is 11.5 Å². The Kier molecular flexibility index (Phi) is 13.7. The van der Waals surface area contributed by atoms with E-state index in [9.17, 15) is 20.1 Å². The fourth-order valence-electron chi connectivity index (χ4n) is 3.10. The largest absolute Gasteiger partial charge is 0.499 e. The van der Waals surface area contributed by atoms with Crippen LogP contribution in [0.2, 0.25) is 0 Å². The molecule has 0 aliphatic carbocycles. The molecular weight excluding hydrogens is 380 g/mol. The summed E-state index contributed by atoms with van der Waals surface area (Å²) >= 11 is 0. The van der Waals surface area contributed by atoms with E-state index < -0.39 is 36.6 Å². The third kappa shape index (κ3) is 10.3. The zero-order valence-corrected chi connectivity index (χ0v) is 17.6. The average Bonchev–Trinajstić information content (AvgIpc) is 3.00. The fraction of sp³-hybridized carbons (Fsp3) is 0.857. The monoisotopic (exact) mass is 418 g/mol. The van der Waals surface area contributed by atoms with Crippen molar-refractivity contribution < 1.29 is 39.4 Å². The molecule has 0 amide bonds. The molecule has 1 heterocycles. The topological polar surface area (TPSA) is 126 Å². The van der Waals surface area contributed by atoms with Crippen molar-refractivity contribution in [1.82, 2.24) is 0 Å². The van der Waals surface area contributed by atoms with Crippen LogP contribution in [0.5, 0.6) is 0 Å². The van der Waals surface area contributed by atoms with Gasteiger partial charge in [-0.3, -0.25) is 0 Å². The van der Waals surface area contributed by atoms with Crippen molar-refractivity contribution in [2.24, 2.45) is 0 Å². The smallest absolute Gasteiger partial charge is 0.378 e. The van der Waals surface area contributed by atoms with Crippen molar-refractivity contribution in [3.63, 3.8) is 0 Å². The Hall–Kier alpha value is -1.35. The third-order valence-electron chi connectivity index (χ3n) is 4.84. The molecule has 1 aliphatic rings. The summed E-state index contributed by atoms with van der Waals surface area (Å²) < 4.78 is 15.4. The minimum absolute atomic E-state index is 0.0630. The number of hydrogen-bond acceptors (Lipinski definition) is 8. The number of hydrogen-bond donors (Lipinski definition) is 4. The molecule has 0 bridgehead atoms. The summed E-state index contributed by atoms with van der Waals surface area (Å²) in [6.07, 6.45) is 8.74. The van der Waals surface area contributed by atoms with Gasteiger partial charge in [-0.05, 0) is 6.42 Å². The molecule has 8 heteroatoms. The van der Waals surface area contributed by atoms with Crippen LogP contribution in [0.3, 0.4) is 0 Å². The molecule has 0 aromatic rings. The number of rotatable bonds is 18. The van der Waals surface area contributed by atoms with Crippen LogP contribution in [0.15, 0.2) is 11.5 Å². The molecule has 4 N–H and O–H groups in total. The lowest BCUT2D eigenvalue weighted by Crippen LogP contribution is -2.33. The van der Waals surface area contributed by atoms with Crippen LogP contribution in [-0.4, -0.2) is 71.1 Å². The summed E-state index contributed by atoms with van der Waals surface area (Å²) in [7, 11) is 0. The van der Waals surface area contributed by atoms with E-state index >= 15 is 0 Å². The van der Waals surface area contributed by atoms with Crippen LogP contribution in [0, 0.1) is 0 Å². The van der Waals surface area contributed by atoms with Gasteiger partial charge < -0.3 is 34.6 Å². The second-order valence-corrected chi connectivity index (χ2v) is 7.51. The van der Waals surface area contributed by atoms with E-state index in [0.717, 1.165) is 12.8 Å². The highest BCUT2D eigenvalue weighted by Crippen LogP contribution is 2.25. The lowest BCUT2D eigenvalue weighted by molar-refractivity contribution is -0.148. The van der Waals surface area contributed by atoms with E-state index in [2.05, 4.69) is 6.92 Å². The van der Waals surface area contributed by atoms with Gasteiger partial charge in [-0.2, -0.15) is 0 Å². The molecule has 0 spiro atoms. The quantitative estimate of drug-likeness (QED) is 0.197. The Morgan fingerprint density at radius 2 is 1.55 bits per heavy atom. The van der Waals surface area contributed by atoms with Gasteiger partial charge in [-0.1, -0.05) is 64.7 Å². The molecule has 170 valence electrons. The van der Waals surface area contributed by atoms with Gasteiger partial charge in [0.15, 0.2) is 11.9 Å². The average molecular weight is 419 g/mol. The number of esters is 1. The molecule has 29 heavy (non-hydrogen) atoms. The maximum absolute atomic E-state index is 11.4. The predicted molar refractivity (Wildman–Crippen MR) is 107 cm³/mol. The van der Waals surface area contributed by atoms with Gasteiger partial charge in [0.1, 0.15) is 18.8 Å². The first-order valence-electron chi connectivity index (χ1n) is 10.8. The molecule has 0 aromatic heterocycles. The summed E-state index contributed by atoms with van der Waals surface area (Å²) in [4.78, 5) is 11.4. The van der Waals surface area contributed by atoms with Crippen molar-refractivity contribution in [2.75, 3.05) is 26.4 Å². The number of carbonyl (C=O) groups excluding carboxylic acids is 1. The first kappa shape index (κ1) is 25.7. The number of cyclic esters (lactones) is 1. The summed E-state index contributed by atoms with van der Waals surface area (Å²) in [5.41, 5.74) is 0. The van der Waals surface area contributed by atoms with Crippen molar-refractivity contribution >= 4 is 5.97 Å². The lowest BCUT2D eigenvalue weighted by Gasteiger charge is -2.19. The van der Waals surface area contributed by atoms with Gasteiger partial charge in [0, 0.05) is 6.61 Å². The Morgan fingerprint density at radius 3 is 2.14 bits per heavy atom. The fourth-order valence-corrected chi connectivity index (χ4v) is 3.10. The molecular formula is C21H38O8. The molecule has 1 rings (SSSR count). The highest BCUT2D eigenvalue weighted by Gasteiger charge is 2.40. The molecule has 3 atom stereocenters. The van der Waals surface area contributed by atoms with Gasteiger partial charge in [0.05, 0.1) is 13.2 Å². The third-order valence-corrected chi connectivity index (χ3v) is 4.84. The zero-order valence-electron chi connectivity index (χ0n) is 17.6. The van der Waals surface area contributed by atoms with E-state index in [4.69, 9.17) is 19.3 Å². The summed E-state index contributed by atoms with van der Waals surface area (Å²) in [5, 5.41) is 38.1. The number of carbonyl (C=O) groups is 1. The van der Waals surface area contributed by atoms with Crippen LogP contribution < -0.4 is 0 Å². The predicted octanol–water partition coefficient (Wildman–Crippen LogP) is 2.35. The first-order valence-corrected chi connectivity index (χ1v) is 10.8. The number of aliphatic hydroxyl groups is 4. The van der Waals surface area contributed by atoms with Gasteiger partial charge in [0.25, 0.3) is 0 Å². The van der Waals surface area contributed by atoms with Gasteiger partial charge in [-0.25, -0.2) is 4.79 Å². The van der Waals surface area contributed by atoms with Gasteiger partial charge >= 0.3 is 5.97 Å². The molecule has 0 saturated carbocycles. The molecule has 0 saturated heterocycles. The van der Waals surface area contributed by atoms with E-state index in [1.807, 2.05) is 0 Å². The maximum atomic E-state index is 11.4. The highest BCUT2D eigenvalue weighted by atomic mass is 16.6. The van der Waals surface area contributed by atoms with Crippen molar-refractivity contribution in [2.45, 2.75) is 89.4 Å². The highest BCUT2D eigenvalue weighted by molar-refractivity contribution is 5.89. The minimum atomic E-state index is -1.41. The second-order valence-electron chi connectivity index (χ2n) is 7.51. The van der Waals surface area contributed by atoms with Crippen molar-refractivity contribution in [3.8, 4) is 0 Å². The molecule has 1 aliphatic heterocycles. The first-order chi connectivity index (χ1) is 14.0. The Balaban J connectivity index is 2.05. The molecule has 0 radical (unpaired) electrons. The number of unbranched alkanes of at least 4 members (excludes halogenated alkanes) is 9. The lowest BCUT2D eigenvalue weighted by atomic mass is 10.1. The van der Waals surface area contributed by atoms with Crippen LogP contribution in [0.1, 0.15) is 71.1 Å². The normalized spacial score (nSPS) is 18.8. The summed E-state index contributed by atoms with van der Waals surface area (Å²) in [6.45, 7) is 1.94. The Labute approximate surface area is 173 Å². The SMILES string of the molecule is CCCCCCCCCCCCOCC(O)COC1=C(O)C(=O)O[C@@H]1[C@@H](O)CO. The maximum Gasteiger partial charge on any atom is 0.378 e.